The molecular formula is C12H21N3O4. The van der Waals surface area contributed by atoms with E-state index in [0.29, 0.717) is 12.5 Å². The van der Waals surface area contributed by atoms with Crippen LogP contribution in [0.2, 0.25) is 0 Å². The number of carbonyl (C=O) groups excluding carboxylic acids is 2. The second-order valence-corrected chi connectivity index (χ2v) is 5.18. The Bertz CT molecular complexity index is 372. The third kappa shape index (κ3) is 4.42. The van der Waals surface area contributed by atoms with Crippen LogP contribution < -0.4 is 11.1 Å². The van der Waals surface area contributed by atoms with Gasteiger partial charge in [-0.15, -0.1) is 0 Å². The van der Waals surface area contributed by atoms with Gasteiger partial charge in [-0.2, -0.15) is 0 Å². The molecule has 19 heavy (non-hydrogen) atoms. The smallest absolute Gasteiger partial charge is 0.326 e. The fourth-order valence-electron chi connectivity index (χ4n) is 2.34. The fraction of sp³-hybridized carbons (Fsp3) is 0.750. The lowest BCUT2D eigenvalue weighted by Crippen LogP contribution is -2.53. The highest BCUT2D eigenvalue weighted by molar-refractivity contribution is 5.87. The number of nitrogens with two attached hydrogens (primary N) is 1. The first kappa shape index (κ1) is 15.3. The van der Waals surface area contributed by atoms with E-state index in [0.717, 1.165) is 12.8 Å². The Morgan fingerprint density at radius 1 is 1.42 bits per heavy atom. The average molecular weight is 271 g/mol. The van der Waals surface area contributed by atoms with Crippen molar-refractivity contribution in [2.45, 2.75) is 45.2 Å². The summed E-state index contributed by atoms with van der Waals surface area (Å²) in [5, 5.41) is 11.3. The van der Waals surface area contributed by atoms with Crippen molar-refractivity contribution in [3.8, 4) is 0 Å². The Hall–Kier alpha value is -1.79. The minimum atomic E-state index is -1.27. The standard InChI is InChI=1S/C12H21N3O4/c1-7-3-4-15(8(2)5-7)12(19)14-9(11(17)18)6-10(13)16/h7-9H,3-6H2,1-2H3,(H2,13,16)(H,14,19)(H,17,18)/t7?,8?,9-/m0/s1. The highest BCUT2D eigenvalue weighted by Gasteiger charge is 2.30. The maximum Gasteiger partial charge on any atom is 0.326 e. The first-order valence-electron chi connectivity index (χ1n) is 6.39. The number of aliphatic carboxylic acids is 1. The predicted molar refractivity (Wildman–Crippen MR) is 68.3 cm³/mol. The van der Waals surface area contributed by atoms with Crippen LogP contribution >= 0.6 is 0 Å². The molecule has 1 heterocycles. The average Bonchev–Trinajstić information content (AvgIpc) is 2.26. The minimum Gasteiger partial charge on any atom is -0.480 e. The Balaban J connectivity index is 2.61. The third-order valence-corrected chi connectivity index (χ3v) is 3.40. The minimum absolute atomic E-state index is 0.0618. The predicted octanol–water partition coefficient (Wildman–Crippen LogP) is 0.145. The molecule has 0 bridgehead atoms. The maximum absolute atomic E-state index is 12.0. The summed E-state index contributed by atoms with van der Waals surface area (Å²) in [7, 11) is 0. The van der Waals surface area contributed by atoms with Gasteiger partial charge in [0.2, 0.25) is 5.91 Å². The number of nitrogens with zero attached hydrogens (tertiary/aromatic N) is 1. The van der Waals surface area contributed by atoms with Gasteiger partial charge < -0.3 is 21.1 Å². The van der Waals surface area contributed by atoms with Gasteiger partial charge in [-0.25, -0.2) is 9.59 Å². The second kappa shape index (κ2) is 6.40. The summed E-state index contributed by atoms with van der Waals surface area (Å²) in [5.41, 5.74) is 4.96. The first-order valence-corrected chi connectivity index (χ1v) is 6.39. The molecule has 0 aromatic carbocycles. The van der Waals surface area contributed by atoms with Crippen molar-refractivity contribution in [2.75, 3.05) is 6.54 Å². The number of rotatable bonds is 4. The Morgan fingerprint density at radius 3 is 2.53 bits per heavy atom. The normalized spacial score (nSPS) is 24.6. The molecule has 3 atom stereocenters. The van der Waals surface area contributed by atoms with E-state index in [1.807, 2.05) is 6.92 Å². The van der Waals surface area contributed by atoms with Crippen molar-refractivity contribution >= 4 is 17.9 Å². The zero-order valence-corrected chi connectivity index (χ0v) is 11.3. The molecule has 2 unspecified atom stereocenters. The molecule has 4 N–H and O–H groups in total. The molecule has 0 spiro atoms. The van der Waals surface area contributed by atoms with E-state index in [-0.39, 0.29) is 6.04 Å². The zero-order chi connectivity index (χ0) is 14.6. The summed E-state index contributed by atoms with van der Waals surface area (Å²) in [5.74, 6) is -1.46. The first-order chi connectivity index (χ1) is 8.81. The van der Waals surface area contributed by atoms with Gasteiger partial charge in [0.15, 0.2) is 0 Å². The molecule has 0 radical (unpaired) electrons. The summed E-state index contributed by atoms with van der Waals surface area (Å²) in [4.78, 5) is 35.3. The molecule has 0 aromatic heterocycles. The van der Waals surface area contributed by atoms with Crippen LogP contribution in [0.4, 0.5) is 4.79 Å². The molecule has 1 aliphatic heterocycles. The van der Waals surface area contributed by atoms with Crippen molar-refractivity contribution < 1.29 is 19.5 Å². The quantitative estimate of drug-likeness (QED) is 0.675. The van der Waals surface area contributed by atoms with Crippen LogP contribution in [0.5, 0.6) is 0 Å². The van der Waals surface area contributed by atoms with E-state index < -0.39 is 30.4 Å². The lowest BCUT2D eigenvalue weighted by atomic mass is 9.94. The number of carboxylic acids is 1. The van der Waals surface area contributed by atoms with Crippen LogP contribution in [0.1, 0.15) is 33.1 Å². The van der Waals surface area contributed by atoms with Crippen molar-refractivity contribution in [1.29, 1.82) is 0 Å². The lowest BCUT2D eigenvalue weighted by Gasteiger charge is -2.37. The Morgan fingerprint density at radius 2 is 2.05 bits per heavy atom. The topological polar surface area (TPSA) is 113 Å². The summed E-state index contributed by atoms with van der Waals surface area (Å²) in [6, 6.07) is -1.66. The maximum atomic E-state index is 12.0. The molecule has 0 saturated carbocycles. The Labute approximate surface area is 112 Å². The SMILES string of the molecule is CC1CCN(C(=O)N[C@@H](CC(N)=O)C(=O)O)C(C)C1. The monoisotopic (exact) mass is 271 g/mol. The number of carboxylic acid groups (broad SMARTS) is 1. The number of hydrogen-bond donors (Lipinski definition) is 3. The molecule has 108 valence electrons. The molecule has 3 amide bonds. The van der Waals surface area contributed by atoms with Crippen molar-refractivity contribution in [3.63, 3.8) is 0 Å². The van der Waals surface area contributed by atoms with Crippen LogP contribution in [0.3, 0.4) is 0 Å². The van der Waals surface area contributed by atoms with Gasteiger partial charge >= 0.3 is 12.0 Å². The number of amides is 3. The van der Waals surface area contributed by atoms with Gasteiger partial charge in [0.1, 0.15) is 6.04 Å². The van der Waals surface area contributed by atoms with E-state index in [2.05, 4.69) is 12.2 Å². The van der Waals surface area contributed by atoms with Gasteiger partial charge in [0.25, 0.3) is 0 Å². The highest BCUT2D eigenvalue weighted by atomic mass is 16.4. The van der Waals surface area contributed by atoms with Crippen LogP contribution in [0.15, 0.2) is 0 Å². The zero-order valence-electron chi connectivity index (χ0n) is 11.3. The number of hydrogen-bond acceptors (Lipinski definition) is 3. The third-order valence-electron chi connectivity index (χ3n) is 3.40. The molecule has 0 aliphatic carbocycles. The van der Waals surface area contributed by atoms with Gasteiger partial charge in [-0.1, -0.05) is 6.92 Å². The Kier molecular flexibility index (Phi) is 5.14. The summed E-state index contributed by atoms with van der Waals surface area (Å²) in [6.07, 6.45) is 1.38. The van der Waals surface area contributed by atoms with Gasteiger partial charge in [-0.3, -0.25) is 4.79 Å². The van der Waals surface area contributed by atoms with Crippen LogP contribution in [-0.4, -0.2) is 46.5 Å². The number of piperidine rings is 1. The largest absolute Gasteiger partial charge is 0.480 e. The molecular weight excluding hydrogens is 250 g/mol. The van der Waals surface area contributed by atoms with E-state index in [1.165, 1.54) is 0 Å². The molecule has 1 saturated heterocycles. The number of primary amides is 1. The van der Waals surface area contributed by atoms with Gasteiger partial charge in [-0.05, 0) is 25.7 Å². The van der Waals surface area contributed by atoms with Gasteiger partial charge in [0, 0.05) is 12.6 Å². The molecule has 1 rings (SSSR count). The second-order valence-electron chi connectivity index (χ2n) is 5.18. The number of carbonyl (C=O) groups is 3. The van der Waals surface area contributed by atoms with Crippen molar-refractivity contribution in [3.05, 3.63) is 0 Å². The molecule has 1 fully saturated rings. The van der Waals surface area contributed by atoms with Crippen molar-refractivity contribution in [1.82, 2.24) is 10.2 Å². The van der Waals surface area contributed by atoms with Crippen LogP contribution in [0, 0.1) is 5.92 Å². The summed E-state index contributed by atoms with van der Waals surface area (Å²) >= 11 is 0. The highest BCUT2D eigenvalue weighted by Crippen LogP contribution is 2.22. The number of urea groups is 1. The molecule has 7 nitrogen and oxygen atoms in total. The summed E-state index contributed by atoms with van der Waals surface area (Å²) < 4.78 is 0. The van der Waals surface area contributed by atoms with E-state index >= 15 is 0 Å². The van der Waals surface area contributed by atoms with E-state index in [4.69, 9.17) is 10.8 Å². The van der Waals surface area contributed by atoms with Crippen molar-refractivity contribution in [2.24, 2.45) is 11.7 Å². The number of nitrogens with one attached hydrogen (secondary N) is 1. The molecule has 1 aliphatic rings. The molecule has 0 aromatic rings. The lowest BCUT2D eigenvalue weighted by molar-refractivity contribution is -0.141. The molecule has 7 heteroatoms. The van der Waals surface area contributed by atoms with E-state index in [9.17, 15) is 14.4 Å². The van der Waals surface area contributed by atoms with E-state index in [1.54, 1.807) is 4.90 Å². The van der Waals surface area contributed by atoms with Gasteiger partial charge in [0.05, 0.1) is 6.42 Å². The van der Waals surface area contributed by atoms with Crippen LogP contribution in [0.25, 0.3) is 0 Å². The number of likely N-dealkylation sites (tertiary alicyclic amines) is 1. The fourth-order valence-corrected chi connectivity index (χ4v) is 2.34. The van der Waals surface area contributed by atoms with Crippen LogP contribution in [-0.2, 0) is 9.59 Å². The summed E-state index contributed by atoms with van der Waals surface area (Å²) in [6.45, 7) is 4.65.